The lowest BCUT2D eigenvalue weighted by atomic mass is 10.1. The van der Waals surface area contributed by atoms with Gasteiger partial charge in [-0.15, -0.1) is 0 Å². The van der Waals surface area contributed by atoms with Crippen LogP contribution in [-0.4, -0.2) is 62.7 Å². The normalized spacial score (nSPS) is 14.6. The Morgan fingerprint density at radius 3 is 2.31 bits per heavy atom. The number of benzene rings is 2. The summed E-state index contributed by atoms with van der Waals surface area (Å²) in [5, 5.41) is 3.32. The van der Waals surface area contributed by atoms with Crippen molar-refractivity contribution in [3.63, 3.8) is 0 Å². The zero-order valence-electron chi connectivity index (χ0n) is 17.8. The topological polar surface area (TPSA) is 54.0 Å². The van der Waals surface area contributed by atoms with Crippen molar-refractivity contribution in [3.8, 4) is 11.5 Å². The predicted molar refractivity (Wildman–Crippen MR) is 116 cm³/mol. The Kier molecular flexibility index (Phi) is 6.99. The van der Waals surface area contributed by atoms with Crippen LogP contribution in [0, 0.1) is 13.8 Å². The molecule has 1 amide bonds. The van der Waals surface area contributed by atoms with Crippen LogP contribution in [0.4, 0.5) is 5.69 Å². The zero-order valence-corrected chi connectivity index (χ0v) is 17.8. The highest BCUT2D eigenvalue weighted by Crippen LogP contribution is 2.25. The first-order valence-corrected chi connectivity index (χ1v) is 10.0. The van der Waals surface area contributed by atoms with Gasteiger partial charge in [0.05, 0.1) is 20.8 Å². The van der Waals surface area contributed by atoms with Gasteiger partial charge >= 0.3 is 0 Å². The number of piperazine rings is 1. The highest BCUT2D eigenvalue weighted by atomic mass is 16.5. The molecule has 1 aliphatic rings. The maximum Gasteiger partial charge on any atom is 0.241 e. The Hall–Kier alpha value is -2.73. The maximum absolute atomic E-state index is 12.7. The Labute approximate surface area is 173 Å². The van der Waals surface area contributed by atoms with Crippen molar-refractivity contribution in [2.24, 2.45) is 0 Å². The summed E-state index contributed by atoms with van der Waals surface area (Å²) < 4.78 is 10.8. The lowest BCUT2D eigenvalue weighted by molar-refractivity contribution is -0.131. The van der Waals surface area contributed by atoms with E-state index in [0.29, 0.717) is 6.54 Å². The van der Waals surface area contributed by atoms with Gasteiger partial charge in [0.25, 0.3) is 0 Å². The van der Waals surface area contributed by atoms with Gasteiger partial charge in [-0.05, 0) is 43.2 Å². The monoisotopic (exact) mass is 397 g/mol. The minimum absolute atomic E-state index is 0.145. The van der Waals surface area contributed by atoms with E-state index >= 15 is 0 Å². The molecule has 156 valence electrons. The zero-order chi connectivity index (χ0) is 20.8. The summed E-state index contributed by atoms with van der Waals surface area (Å²) in [6.07, 6.45) is 0. The highest BCUT2D eigenvalue weighted by molar-refractivity contribution is 5.81. The maximum atomic E-state index is 12.7. The molecule has 0 radical (unpaired) electrons. The largest absolute Gasteiger partial charge is 0.497 e. The van der Waals surface area contributed by atoms with E-state index in [9.17, 15) is 4.79 Å². The van der Waals surface area contributed by atoms with E-state index < -0.39 is 0 Å². The van der Waals surface area contributed by atoms with E-state index in [2.05, 4.69) is 36.2 Å². The number of rotatable bonds is 7. The van der Waals surface area contributed by atoms with Crippen LogP contribution in [0.25, 0.3) is 0 Å². The first-order valence-electron chi connectivity index (χ1n) is 10.0. The fraction of sp³-hybridized carbons (Fsp3) is 0.435. The molecule has 1 aliphatic heterocycles. The SMILES string of the molecule is COc1ccc(OC)c(CN2CCN(C(=O)CNc3c(C)cccc3C)CC2)c1. The van der Waals surface area contributed by atoms with Crippen molar-refractivity contribution >= 4 is 11.6 Å². The molecule has 1 heterocycles. The summed E-state index contributed by atoms with van der Waals surface area (Å²) in [6.45, 7) is 8.39. The van der Waals surface area contributed by atoms with Crippen LogP contribution in [0.3, 0.4) is 0 Å². The van der Waals surface area contributed by atoms with E-state index in [1.807, 2.05) is 29.2 Å². The van der Waals surface area contributed by atoms with E-state index in [1.165, 1.54) is 0 Å². The van der Waals surface area contributed by atoms with Crippen LogP contribution in [-0.2, 0) is 11.3 Å². The van der Waals surface area contributed by atoms with Crippen molar-refractivity contribution in [2.75, 3.05) is 52.3 Å². The molecule has 29 heavy (non-hydrogen) atoms. The average molecular weight is 398 g/mol. The average Bonchev–Trinajstić information content (AvgIpc) is 2.73. The second-order valence-electron chi connectivity index (χ2n) is 7.46. The summed E-state index contributed by atoms with van der Waals surface area (Å²) in [5.41, 5.74) is 4.48. The second kappa shape index (κ2) is 9.65. The lowest BCUT2D eigenvalue weighted by Gasteiger charge is -2.35. The van der Waals surface area contributed by atoms with Gasteiger partial charge in [-0.2, -0.15) is 0 Å². The van der Waals surface area contributed by atoms with E-state index in [4.69, 9.17) is 9.47 Å². The van der Waals surface area contributed by atoms with Gasteiger partial charge in [0.1, 0.15) is 11.5 Å². The molecule has 2 aromatic rings. The van der Waals surface area contributed by atoms with Crippen LogP contribution >= 0.6 is 0 Å². The van der Waals surface area contributed by atoms with Gasteiger partial charge in [-0.1, -0.05) is 18.2 Å². The summed E-state index contributed by atoms with van der Waals surface area (Å²) in [4.78, 5) is 16.9. The Morgan fingerprint density at radius 2 is 1.69 bits per heavy atom. The van der Waals surface area contributed by atoms with Gasteiger partial charge in [-0.25, -0.2) is 0 Å². The summed E-state index contributed by atoms with van der Waals surface area (Å²) >= 11 is 0. The number of para-hydroxylation sites is 1. The molecular formula is C23H31N3O3. The van der Waals surface area contributed by atoms with Crippen LogP contribution in [0.2, 0.25) is 0 Å². The highest BCUT2D eigenvalue weighted by Gasteiger charge is 2.22. The molecular weight excluding hydrogens is 366 g/mol. The Bertz CT molecular complexity index is 825. The lowest BCUT2D eigenvalue weighted by Crippen LogP contribution is -2.49. The van der Waals surface area contributed by atoms with Crippen molar-refractivity contribution in [3.05, 3.63) is 53.1 Å². The van der Waals surface area contributed by atoms with Gasteiger partial charge in [0.15, 0.2) is 0 Å². The number of hydrogen-bond acceptors (Lipinski definition) is 5. The van der Waals surface area contributed by atoms with Crippen LogP contribution in [0.1, 0.15) is 16.7 Å². The van der Waals surface area contributed by atoms with E-state index in [1.54, 1.807) is 14.2 Å². The molecule has 0 bridgehead atoms. The summed E-state index contributed by atoms with van der Waals surface area (Å²) in [7, 11) is 3.35. The quantitative estimate of drug-likeness (QED) is 0.778. The molecule has 6 heteroatoms. The van der Waals surface area contributed by atoms with Crippen molar-refractivity contribution in [2.45, 2.75) is 20.4 Å². The second-order valence-corrected chi connectivity index (χ2v) is 7.46. The third-order valence-corrected chi connectivity index (χ3v) is 5.50. The minimum atomic E-state index is 0.145. The number of nitrogens with one attached hydrogen (secondary N) is 1. The minimum Gasteiger partial charge on any atom is -0.497 e. The van der Waals surface area contributed by atoms with Crippen molar-refractivity contribution < 1.29 is 14.3 Å². The smallest absolute Gasteiger partial charge is 0.241 e. The predicted octanol–water partition coefficient (Wildman–Crippen LogP) is 3.08. The van der Waals surface area contributed by atoms with Crippen molar-refractivity contribution in [1.29, 1.82) is 0 Å². The number of carbonyl (C=O) groups is 1. The number of nitrogens with zero attached hydrogens (tertiary/aromatic N) is 2. The molecule has 1 N–H and O–H groups in total. The molecule has 0 saturated carbocycles. The Morgan fingerprint density at radius 1 is 1.00 bits per heavy atom. The van der Waals surface area contributed by atoms with Crippen LogP contribution in [0.15, 0.2) is 36.4 Å². The first-order chi connectivity index (χ1) is 14.0. The number of amides is 1. The number of anilines is 1. The molecule has 0 aromatic heterocycles. The Balaban J connectivity index is 1.52. The molecule has 0 unspecified atom stereocenters. The molecule has 6 nitrogen and oxygen atoms in total. The van der Waals surface area contributed by atoms with Gasteiger partial charge < -0.3 is 19.7 Å². The molecule has 2 aromatic carbocycles. The molecule has 0 spiro atoms. The molecule has 3 rings (SSSR count). The van der Waals surface area contributed by atoms with E-state index in [-0.39, 0.29) is 5.91 Å². The van der Waals surface area contributed by atoms with Gasteiger partial charge in [-0.3, -0.25) is 9.69 Å². The number of hydrogen-bond donors (Lipinski definition) is 1. The van der Waals surface area contributed by atoms with Gasteiger partial charge in [0.2, 0.25) is 5.91 Å². The first kappa shape index (κ1) is 21.0. The standard InChI is InChI=1S/C23H31N3O3/c1-17-6-5-7-18(2)23(17)24-15-22(27)26-12-10-25(11-13-26)16-19-14-20(28-3)8-9-21(19)29-4/h5-9,14,24H,10-13,15-16H2,1-4H3. The number of methoxy groups -OCH3 is 2. The number of aryl methyl sites for hydroxylation is 2. The number of ether oxygens (including phenoxy) is 2. The third kappa shape index (κ3) is 5.21. The fourth-order valence-electron chi connectivity index (χ4n) is 3.77. The fourth-order valence-corrected chi connectivity index (χ4v) is 3.77. The summed E-state index contributed by atoms with van der Waals surface area (Å²) in [6, 6.07) is 12.0. The van der Waals surface area contributed by atoms with Crippen LogP contribution in [0.5, 0.6) is 11.5 Å². The summed E-state index contributed by atoms with van der Waals surface area (Å²) in [5.74, 6) is 1.83. The number of carbonyl (C=O) groups excluding carboxylic acids is 1. The molecule has 1 saturated heterocycles. The van der Waals surface area contributed by atoms with Crippen LogP contribution < -0.4 is 14.8 Å². The van der Waals surface area contributed by atoms with Gasteiger partial charge in [0, 0.05) is 44.0 Å². The van der Waals surface area contributed by atoms with E-state index in [0.717, 1.165) is 66.6 Å². The van der Waals surface area contributed by atoms with Crippen molar-refractivity contribution in [1.82, 2.24) is 9.80 Å². The third-order valence-electron chi connectivity index (χ3n) is 5.50. The molecule has 0 atom stereocenters. The molecule has 1 fully saturated rings. The molecule has 0 aliphatic carbocycles.